The fraction of sp³-hybridized carbons (Fsp3) is 0.222. The van der Waals surface area contributed by atoms with Crippen molar-refractivity contribution in [3.05, 3.63) is 33.8 Å². The van der Waals surface area contributed by atoms with Gasteiger partial charge in [-0.05, 0) is 24.0 Å². The highest BCUT2D eigenvalue weighted by Crippen LogP contribution is 2.22. The molecule has 4 heteroatoms. The molecule has 0 aliphatic heterocycles. The summed E-state index contributed by atoms with van der Waals surface area (Å²) in [6.07, 6.45) is 0.393. The Morgan fingerprint density at radius 2 is 2.08 bits per heavy atom. The zero-order valence-electron chi connectivity index (χ0n) is 6.76. The van der Waals surface area contributed by atoms with Crippen molar-refractivity contribution in [1.82, 2.24) is 0 Å². The summed E-state index contributed by atoms with van der Waals surface area (Å²) in [7, 11) is 0. The molecule has 0 saturated carbocycles. The van der Waals surface area contributed by atoms with Gasteiger partial charge in [0.15, 0.2) is 5.78 Å². The van der Waals surface area contributed by atoms with E-state index in [0.29, 0.717) is 27.8 Å². The van der Waals surface area contributed by atoms with Gasteiger partial charge in [-0.2, -0.15) is 12.6 Å². The van der Waals surface area contributed by atoms with Gasteiger partial charge in [0.2, 0.25) is 0 Å². The second kappa shape index (κ2) is 4.89. The van der Waals surface area contributed by atoms with Gasteiger partial charge in [0.05, 0.1) is 5.02 Å². The topological polar surface area (TPSA) is 17.1 Å². The van der Waals surface area contributed by atoms with Crippen molar-refractivity contribution in [1.29, 1.82) is 0 Å². The summed E-state index contributed by atoms with van der Waals surface area (Å²) in [5.41, 5.74) is 0.514. The highest BCUT2D eigenvalue weighted by Gasteiger charge is 2.09. The minimum absolute atomic E-state index is 0.00309. The Morgan fingerprint density at radius 3 is 2.62 bits per heavy atom. The Labute approximate surface area is 92.4 Å². The lowest BCUT2D eigenvalue weighted by molar-refractivity contribution is 0.0990. The second-order valence-corrected chi connectivity index (χ2v) is 3.81. The predicted molar refractivity (Wildman–Crippen MR) is 59.3 cm³/mol. The van der Waals surface area contributed by atoms with Crippen molar-refractivity contribution in [2.75, 3.05) is 5.75 Å². The second-order valence-electron chi connectivity index (χ2n) is 2.52. The number of benzene rings is 1. The SMILES string of the molecule is O=C(CCS)c1ccc(Cl)cc1Cl. The summed E-state index contributed by atoms with van der Waals surface area (Å²) in [4.78, 5) is 11.4. The summed E-state index contributed by atoms with van der Waals surface area (Å²) in [5.74, 6) is 0.522. The molecular formula is C9H8Cl2OS. The van der Waals surface area contributed by atoms with Crippen LogP contribution in [-0.2, 0) is 0 Å². The standard InChI is InChI=1S/C9H8Cl2OS/c10-6-1-2-7(8(11)5-6)9(12)3-4-13/h1-2,5,13H,3-4H2. The molecule has 0 aromatic heterocycles. The third-order valence-electron chi connectivity index (χ3n) is 1.57. The van der Waals surface area contributed by atoms with E-state index in [4.69, 9.17) is 23.2 Å². The van der Waals surface area contributed by atoms with Crippen molar-refractivity contribution >= 4 is 41.6 Å². The van der Waals surface area contributed by atoms with E-state index in [1.807, 2.05) is 0 Å². The van der Waals surface area contributed by atoms with Crippen LogP contribution in [0.1, 0.15) is 16.8 Å². The average molecular weight is 235 g/mol. The maximum atomic E-state index is 11.4. The van der Waals surface area contributed by atoms with E-state index in [2.05, 4.69) is 12.6 Å². The molecule has 0 aliphatic carbocycles. The average Bonchev–Trinajstić information content (AvgIpc) is 2.04. The first-order valence-electron chi connectivity index (χ1n) is 3.74. The zero-order chi connectivity index (χ0) is 9.84. The summed E-state index contributed by atoms with van der Waals surface area (Å²) in [6.45, 7) is 0. The van der Waals surface area contributed by atoms with Crippen LogP contribution in [-0.4, -0.2) is 11.5 Å². The lowest BCUT2D eigenvalue weighted by atomic mass is 10.1. The minimum Gasteiger partial charge on any atom is -0.294 e. The van der Waals surface area contributed by atoms with Crippen molar-refractivity contribution in [2.24, 2.45) is 0 Å². The highest BCUT2D eigenvalue weighted by molar-refractivity contribution is 7.80. The molecule has 0 fully saturated rings. The molecule has 0 N–H and O–H groups in total. The van der Waals surface area contributed by atoms with E-state index < -0.39 is 0 Å². The van der Waals surface area contributed by atoms with E-state index in [1.165, 1.54) is 0 Å². The molecule has 0 bridgehead atoms. The fourth-order valence-corrected chi connectivity index (χ4v) is 1.67. The zero-order valence-corrected chi connectivity index (χ0v) is 9.16. The number of thiol groups is 1. The molecule has 13 heavy (non-hydrogen) atoms. The van der Waals surface area contributed by atoms with E-state index >= 15 is 0 Å². The van der Waals surface area contributed by atoms with Crippen molar-refractivity contribution in [2.45, 2.75) is 6.42 Å². The van der Waals surface area contributed by atoms with Crippen molar-refractivity contribution < 1.29 is 4.79 Å². The van der Waals surface area contributed by atoms with Crippen LogP contribution in [0.2, 0.25) is 10.0 Å². The largest absolute Gasteiger partial charge is 0.294 e. The number of halogens is 2. The first-order chi connectivity index (χ1) is 6.15. The van der Waals surface area contributed by atoms with E-state index in [-0.39, 0.29) is 5.78 Å². The Hall–Kier alpha value is -0.180. The summed E-state index contributed by atoms with van der Waals surface area (Å²) in [6, 6.07) is 4.85. The molecule has 0 unspecified atom stereocenters. The first kappa shape index (κ1) is 10.9. The van der Waals surface area contributed by atoms with Crippen molar-refractivity contribution in [3.63, 3.8) is 0 Å². The molecule has 0 aliphatic rings. The number of hydrogen-bond acceptors (Lipinski definition) is 2. The van der Waals surface area contributed by atoms with Crippen LogP contribution in [0.3, 0.4) is 0 Å². The molecule has 0 radical (unpaired) electrons. The molecule has 1 aromatic rings. The van der Waals surface area contributed by atoms with Crippen LogP contribution in [0.25, 0.3) is 0 Å². The number of hydrogen-bond donors (Lipinski definition) is 1. The molecular weight excluding hydrogens is 227 g/mol. The van der Waals surface area contributed by atoms with E-state index in [9.17, 15) is 4.79 Å². The van der Waals surface area contributed by atoms with Gasteiger partial charge in [-0.1, -0.05) is 23.2 Å². The van der Waals surface area contributed by atoms with Crippen LogP contribution >= 0.6 is 35.8 Å². The molecule has 0 heterocycles. The van der Waals surface area contributed by atoms with E-state index in [1.54, 1.807) is 18.2 Å². The van der Waals surface area contributed by atoms with Crippen LogP contribution in [0, 0.1) is 0 Å². The first-order valence-corrected chi connectivity index (χ1v) is 5.13. The third-order valence-corrected chi connectivity index (χ3v) is 2.34. The fourth-order valence-electron chi connectivity index (χ4n) is 0.952. The van der Waals surface area contributed by atoms with E-state index in [0.717, 1.165) is 0 Å². The quantitative estimate of drug-likeness (QED) is 0.626. The summed E-state index contributed by atoms with van der Waals surface area (Å²) in [5, 5.41) is 0.937. The Balaban J connectivity index is 2.95. The number of carbonyl (C=O) groups is 1. The molecule has 1 aromatic carbocycles. The highest BCUT2D eigenvalue weighted by atomic mass is 35.5. The normalized spacial score (nSPS) is 10.1. The maximum Gasteiger partial charge on any atom is 0.165 e. The maximum absolute atomic E-state index is 11.4. The van der Waals surface area contributed by atoms with Crippen LogP contribution < -0.4 is 0 Å². The lowest BCUT2D eigenvalue weighted by Crippen LogP contribution is -2.00. The number of ketones is 1. The molecule has 0 amide bonds. The number of carbonyl (C=O) groups excluding carboxylic acids is 1. The third kappa shape index (κ3) is 2.90. The van der Waals surface area contributed by atoms with Crippen molar-refractivity contribution in [3.8, 4) is 0 Å². The van der Waals surface area contributed by atoms with Gasteiger partial charge in [0.25, 0.3) is 0 Å². The van der Waals surface area contributed by atoms with Crippen LogP contribution in [0.15, 0.2) is 18.2 Å². The van der Waals surface area contributed by atoms with Gasteiger partial charge in [0, 0.05) is 17.0 Å². The Morgan fingerprint density at radius 1 is 1.38 bits per heavy atom. The molecule has 1 nitrogen and oxygen atoms in total. The van der Waals surface area contributed by atoms with Crippen LogP contribution in [0.4, 0.5) is 0 Å². The number of Topliss-reactive ketones (excluding diaryl/α,β-unsaturated/α-hetero) is 1. The minimum atomic E-state index is -0.00309. The van der Waals surface area contributed by atoms with Gasteiger partial charge >= 0.3 is 0 Å². The predicted octanol–water partition coefficient (Wildman–Crippen LogP) is 3.50. The summed E-state index contributed by atoms with van der Waals surface area (Å²) < 4.78 is 0. The van der Waals surface area contributed by atoms with Crippen LogP contribution in [0.5, 0.6) is 0 Å². The molecule has 1 rings (SSSR count). The van der Waals surface area contributed by atoms with Gasteiger partial charge in [0.1, 0.15) is 0 Å². The lowest BCUT2D eigenvalue weighted by Gasteiger charge is -2.01. The molecule has 0 spiro atoms. The van der Waals surface area contributed by atoms with Gasteiger partial charge in [-0.15, -0.1) is 0 Å². The van der Waals surface area contributed by atoms with Gasteiger partial charge < -0.3 is 0 Å². The Bertz CT molecular complexity index is 325. The molecule has 70 valence electrons. The smallest absolute Gasteiger partial charge is 0.165 e. The molecule has 0 atom stereocenters. The Kier molecular flexibility index (Phi) is 4.10. The molecule has 0 saturated heterocycles. The summed E-state index contributed by atoms with van der Waals surface area (Å²) >= 11 is 15.5. The number of rotatable bonds is 3. The van der Waals surface area contributed by atoms with Gasteiger partial charge in [-0.25, -0.2) is 0 Å². The van der Waals surface area contributed by atoms with Gasteiger partial charge in [-0.3, -0.25) is 4.79 Å². The monoisotopic (exact) mass is 234 g/mol.